The van der Waals surface area contributed by atoms with Crippen molar-refractivity contribution in [1.82, 2.24) is 0 Å². The molecule has 0 fully saturated rings. The fourth-order valence-electron chi connectivity index (χ4n) is 2.03. The van der Waals surface area contributed by atoms with Gasteiger partial charge in [0.1, 0.15) is 5.75 Å². The van der Waals surface area contributed by atoms with Crippen LogP contribution in [0.25, 0.3) is 0 Å². The second-order valence-electron chi connectivity index (χ2n) is 4.96. The fraction of sp³-hybridized carbons (Fsp3) is 0.222. The van der Waals surface area contributed by atoms with Gasteiger partial charge in [-0.3, -0.25) is 4.79 Å². The van der Waals surface area contributed by atoms with E-state index in [9.17, 15) is 9.59 Å². The number of esters is 1. The molecule has 0 aromatic heterocycles. The smallest absolute Gasteiger partial charge is 0.339 e. The summed E-state index contributed by atoms with van der Waals surface area (Å²) < 4.78 is 9.84. The van der Waals surface area contributed by atoms with Crippen molar-refractivity contribution in [2.24, 2.45) is 0 Å². The number of anilines is 1. The first-order valence-electron chi connectivity index (χ1n) is 7.34. The van der Waals surface area contributed by atoms with Gasteiger partial charge in [-0.1, -0.05) is 12.1 Å². The van der Waals surface area contributed by atoms with Crippen molar-refractivity contribution in [3.8, 4) is 5.75 Å². The van der Waals surface area contributed by atoms with Crippen LogP contribution in [0.5, 0.6) is 5.75 Å². The average Bonchev–Trinajstić information content (AvgIpc) is 2.62. The molecule has 1 N–H and O–H groups in total. The maximum absolute atomic E-state index is 12.4. The third-order valence-electron chi connectivity index (χ3n) is 3.33. The van der Waals surface area contributed by atoms with Crippen molar-refractivity contribution in [2.45, 2.75) is 17.1 Å². The first-order chi connectivity index (χ1) is 11.5. The molecule has 0 radical (unpaired) electrons. The largest absolute Gasteiger partial charge is 0.497 e. The van der Waals surface area contributed by atoms with Crippen LogP contribution in [-0.2, 0) is 9.53 Å². The van der Waals surface area contributed by atoms with E-state index in [0.717, 1.165) is 10.6 Å². The molecule has 2 aromatic carbocycles. The minimum Gasteiger partial charge on any atom is -0.497 e. The summed E-state index contributed by atoms with van der Waals surface area (Å²) in [6.07, 6.45) is 0. The van der Waals surface area contributed by atoms with Gasteiger partial charge in [-0.05, 0) is 43.3 Å². The molecule has 0 aliphatic heterocycles. The highest BCUT2D eigenvalue weighted by Crippen LogP contribution is 2.26. The van der Waals surface area contributed by atoms with E-state index in [-0.39, 0.29) is 11.2 Å². The molecule has 0 heterocycles. The van der Waals surface area contributed by atoms with Gasteiger partial charge in [0.15, 0.2) is 0 Å². The summed E-state index contributed by atoms with van der Waals surface area (Å²) in [5.41, 5.74) is 0.770. The zero-order valence-electron chi connectivity index (χ0n) is 13.7. The van der Waals surface area contributed by atoms with Crippen LogP contribution in [0.2, 0.25) is 0 Å². The summed E-state index contributed by atoms with van der Waals surface area (Å²) in [6, 6.07) is 14.3. The van der Waals surface area contributed by atoms with Crippen LogP contribution in [0, 0.1) is 0 Å². The van der Waals surface area contributed by atoms with Gasteiger partial charge in [-0.25, -0.2) is 4.79 Å². The van der Waals surface area contributed by atoms with Gasteiger partial charge < -0.3 is 14.8 Å². The van der Waals surface area contributed by atoms with Gasteiger partial charge in [-0.2, -0.15) is 0 Å². The third-order valence-corrected chi connectivity index (χ3v) is 4.44. The highest BCUT2D eigenvalue weighted by atomic mass is 32.2. The topological polar surface area (TPSA) is 64.6 Å². The van der Waals surface area contributed by atoms with Gasteiger partial charge in [0.05, 0.1) is 30.7 Å². The minimum absolute atomic E-state index is 0.188. The summed E-state index contributed by atoms with van der Waals surface area (Å²) in [4.78, 5) is 25.1. The maximum Gasteiger partial charge on any atom is 0.339 e. The Morgan fingerprint density at radius 2 is 1.71 bits per heavy atom. The number of carbonyl (C=O) groups excluding carboxylic acids is 2. The Bertz CT molecular complexity index is 715. The second-order valence-corrected chi connectivity index (χ2v) is 6.38. The van der Waals surface area contributed by atoms with E-state index in [0.29, 0.717) is 11.3 Å². The minimum atomic E-state index is -0.485. The highest BCUT2D eigenvalue weighted by Gasteiger charge is 2.18. The van der Waals surface area contributed by atoms with Gasteiger partial charge in [0, 0.05) is 4.90 Å². The van der Waals surface area contributed by atoms with Crippen LogP contribution >= 0.6 is 11.8 Å². The number of hydrogen-bond acceptors (Lipinski definition) is 5. The maximum atomic E-state index is 12.4. The van der Waals surface area contributed by atoms with Gasteiger partial charge in [0.25, 0.3) is 0 Å². The molecule has 6 heteroatoms. The molecule has 0 aliphatic carbocycles. The number of carbonyl (C=O) groups is 2. The lowest BCUT2D eigenvalue weighted by atomic mass is 10.2. The van der Waals surface area contributed by atoms with Crippen LogP contribution in [0.4, 0.5) is 5.69 Å². The number of benzene rings is 2. The van der Waals surface area contributed by atoms with Crippen molar-refractivity contribution in [3.63, 3.8) is 0 Å². The number of methoxy groups -OCH3 is 2. The van der Waals surface area contributed by atoms with Gasteiger partial charge in [-0.15, -0.1) is 11.8 Å². The lowest BCUT2D eigenvalue weighted by Crippen LogP contribution is -2.23. The quantitative estimate of drug-likeness (QED) is 0.640. The van der Waals surface area contributed by atoms with Crippen LogP contribution in [0.15, 0.2) is 53.4 Å². The van der Waals surface area contributed by atoms with Gasteiger partial charge in [0.2, 0.25) is 5.91 Å². The standard InChI is InChI=1S/C18H19NO4S/c1-12(24-14-10-8-13(22-2)9-11-14)17(20)19-16-7-5-4-6-15(16)18(21)23-3/h4-12H,1-3H3,(H,19,20)/t12-/m0/s1. The number of rotatable bonds is 6. The summed E-state index contributed by atoms with van der Waals surface area (Å²) in [7, 11) is 2.92. The number of thioether (sulfide) groups is 1. The summed E-state index contributed by atoms with van der Waals surface area (Å²) in [5, 5.41) is 2.45. The van der Waals surface area contributed by atoms with E-state index in [1.165, 1.54) is 18.9 Å². The zero-order chi connectivity index (χ0) is 17.5. The SMILES string of the molecule is COC(=O)c1ccccc1NC(=O)[C@H](C)Sc1ccc(OC)cc1. The van der Waals surface area contributed by atoms with Gasteiger partial charge >= 0.3 is 5.97 Å². The van der Waals surface area contributed by atoms with E-state index in [2.05, 4.69) is 5.32 Å². The van der Waals surface area contributed by atoms with Crippen LogP contribution in [0.1, 0.15) is 17.3 Å². The molecule has 126 valence electrons. The summed E-state index contributed by atoms with van der Waals surface area (Å²) >= 11 is 1.43. The first kappa shape index (κ1) is 17.9. The lowest BCUT2D eigenvalue weighted by molar-refractivity contribution is -0.115. The van der Waals surface area contributed by atoms with Crippen molar-refractivity contribution >= 4 is 29.3 Å². The van der Waals surface area contributed by atoms with Crippen molar-refractivity contribution in [1.29, 1.82) is 0 Å². The van der Waals surface area contributed by atoms with E-state index in [4.69, 9.17) is 9.47 Å². The zero-order valence-corrected chi connectivity index (χ0v) is 14.6. The molecule has 0 unspecified atom stereocenters. The molecule has 1 amide bonds. The number of hydrogen-bond donors (Lipinski definition) is 1. The van der Waals surface area contributed by atoms with Crippen LogP contribution in [0.3, 0.4) is 0 Å². The van der Waals surface area contributed by atoms with Crippen molar-refractivity contribution in [3.05, 3.63) is 54.1 Å². The Hall–Kier alpha value is -2.47. The molecule has 0 bridgehead atoms. The molecule has 24 heavy (non-hydrogen) atoms. The molecule has 0 aliphatic rings. The normalized spacial score (nSPS) is 11.5. The predicted molar refractivity (Wildman–Crippen MR) is 94.7 cm³/mol. The molecule has 0 spiro atoms. The number of para-hydroxylation sites is 1. The number of ether oxygens (including phenoxy) is 2. The Morgan fingerprint density at radius 1 is 1.04 bits per heavy atom. The molecule has 2 aromatic rings. The summed E-state index contributed by atoms with van der Waals surface area (Å²) in [5.74, 6) is 0.0944. The predicted octanol–water partition coefficient (Wildman–Crippen LogP) is 3.60. The Labute approximate surface area is 145 Å². The highest BCUT2D eigenvalue weighted by molar-refractivity contribution is 8.00. The molecular formula is C18H19NO4S. The summed E-state index contributed by atoms with van der Waals surface area (Å²) in [6.45, 7) is 1.81. The molecule has 5 nitrogen and oxygen atoms in total. The fourth-order valence-corrected chi connectivity index (χ4v) is 2.89. The van der Waals surface area contributed by atoms with E-state index in [1.807, 2.05) is 31.2 Å². The van der Waals surface area contributed by atoms with E-state index in [1.54, 1.807) is 31.4 Å². The molecule has 0 saturated heterocycles. The van der Waals surface area contributed by atoms with Crippen molar-refractivity contribution < 1.29 is 19.1 Å². The third kappa shape index (κ3) is 4.52. The molecule has 0 saturated carbocycles. The Morgan fingerprint density at radius 3 is 2.33 bits per heavy atom. The number of amides is 1. The van der Waals surface area contributed by atoms with Crippen LogP contribution < -0.4 is 10.1 Å². The Kier molecular flexibility index (Phi) is 6.26. The van der Waals surface area contributed by atoms with Crippen LogP contribution in [-0.4, -0.2) is 31.3 Å². The Balaban J connectivity index is 2.05. The number of nitrogens with one attached hydrogen (secondary N) is 1. The average molecular weight is 345 g/mol. The second kappa shape index (κ2) is 8.40. The molecule has 1 atom stereocenters. The first-order valence-corrected chi connectivity index (χ1v) is 8.22. The monoisotopic (exact) mass is 345 g/mol. The van der Waals surface area contributed by atoms with Crippen molar-refractivity contribution in [2.75, 3.05) is 19.5 Å². The van der Waals surface area contributed by atoms with E-state index >= 15 is 0 Å². The van der Waals surface area contributed by atoms with E-state index < -0.39 is 5.97 Å². The lowest BCUT2D eigenvalue weighted by Gasteiger charge is -2.14. The molecule has 2 rings (SSSR count). The molecular weight excluding hydrogens is 326 g/mol.